The van der Waals surface area contributed by atoms with Gasteiger partial charge in [0.1, 0.15) is 6.07 Å². The lowest BCUT2D eigenvalue weighted by Crippen LogP contribution is -2.15. The van der Waals surface area contributed by atoms with Gasteiger partial charge in [0.05, 0.1) is 37.6 Å². The van der Waals surface area contributed by atoms with Crippen molar-refractivity contribution in [1.29, 1.82) is 5.26 Å². The van der Waals surface area contributed by atoms with Crippen molar-refractivity contribution >= 4 is 35.0 Å². The second-order valence-corrected chi connectivity index (χ2v) is 7.33. The van der Waals surface area contributed by atoms with Crippen molar-refractivity contribution < 1.29 is 18.7 Å². The minimum Gasteiger partial charge on any atom is -0.493 e. The maximum absolute atomic E-state index is 12.2. The van der Waals surface area contributed by atoms with Crippen LogP contribution in [0.15, 0.2) is 46.0 Å². The van der Waals surface area contributed by atoms with E-state index in [1.165, 1.54) is 6.07 Å². The van der Waals surface area contributed by atoms with Crippen molar-refractivity contribution in [3.63, 3.8) is 0 Å². The van der Waals surface area contributed by atoms with Gasteiger partial charge in [-0.2, -0.15) is 5.26 Å². The largest absolute Gasteiger partial charge is 0.493 e. The molecular weight excluding hydrogens is 428 g/mol. The maximum atomic E-state index is 12.2. The lowest BCUT2D eigenvalue weighted by atomic mass is 10.1. The van der Waals surface area contributed by atoms with E-state index in [0.717, 1.165) is 17.3 Å². The van der Waals surface area contributed by atoms with Gasteiger partial charge >= 0.3 is 0 Å². The lowest BCUT2D eigenvalue weighted by molar-refractivity contribution is -0.113. The number of thioether (sulfide) groups is 1. The monoisotopic (exact) mass is 444 g/mol. The summed E-state index contributed by atoms with van der Waals surface area (Å²) in [6.45, 7) is 0. The van der Waals surface area contributed by atoms with Crippen molar-refractivity contribution in [2.24, 2.45) is 0 Å². The first kappa shape index (κ1) is 21.5. The first-order valence-corrected chi connectivity index (χ1v) is 10.0. The number of nitrogens with zero attached hydrogens (tertiary/aromatic N) is 3. The summed E-state index contributed by atoms with van der Waals surface area (Å²) in [4.78, 5) is 12.2. The summed E-state index contributed by atoms with van der Waals surface area (Å²) in [5.74, 6) is 1.37. The molecular formula is C20H17ClN4O4S. The van der Waals surface area contributed by atoms with Gasteiger partial charge in [-0.1, -0.05) is 29.4 Å². The molecule has 154 valence electrons. The van der Waals surface area contributed by atoms with Crippen LogP contribution >= 0.6 is 23.4 Å². The van der Waals surface area contributed by atoms with E-state index < -0.39 is 0 Å². The molecule has 0 aliphatic carbocycles. The van der Waals surface area contributed by atoms with Crippen LogP contribution in [0.25, 0.3) is 0 Å². The van der Waals surface area contributed by atoms with Gasteiger partial charge in [-0.25, -0.2) is 0 Å². The van der Waals surface area contributed by atoms with Crippen LogP contribution in [0, 0.1) is 11.3 Å². The van der Waals surface area contributed by atoms with Crippen molar-refractivity contribution in [3.8, 4) is 17.6 Å². The average Bonchev–Trinajstić information content (AvgIpc) is 3.19. The number of benzene rings is 2. The van der Waals surface area contributed by atoms with Gasteiger partial charge in [0, 0.05) is 5.02 Å². The number of rotatable bonds is 8. The number of carbonyl (C=O) groups excluding carboxylic acids is 1. The fourth-order valence-electron chi connectivity index (χ4n) is 2.56. The Kier molecular flexibility index (Phi) is 7.17. The first-order valence-electron chi connectivity index (χ1n) is 8.68. The molecule has 1 heterocycles. The molecule has 30 heavy (non-hydrogen) atoms. The van der Waals surface area contributed by atoms with Crippen LogP contribution in [0.2, 0.25) is 5.02 Å². The summed E-state index contributed by atoms with van der Waals surface area (Å²) in [6.07, 6.45) is 0.411. The van der Waals surface area contributed by atoms with Gasteiger partial charge in [0.15, 0.2) is 11.5 Å². The number of nitriles is 1. The van der Waals surface area contributed by atoms with Crippen molar-refractivity contribution in [2.75, 3.05) is 25.3 Å². The molecule has 8 nitrogen and oxygen atoms in total. The predicted octanol–water partition coefficient (Wildman–Crippen LogP) is 3.93. The van der Waals surface area contributed by atoms with E-state index in [1.54, 1.807) is 32.4 Å². The zero-order valence-corrected chi connectivity index (χ0v) is 17.7. The van der Waals surface area contributed by atoms with Gasteiger partial charge < -0.3 is 19.2 Å². The Labute approximate surface area is 182 Å². The molecule has 1 N–H and O–H groups in total. The fraction of sp³-hybridized carbons (Fsp3) is 0.200. The number of carbonyl (C=O) groups is 1. The molecule has 1 aromatic heterocycles. The maximum Gasteiger partial charge on any atom is 0.277 e. The standard InChI is InChI=1S/C20H17ClN4O4S/c1-27-16-6-3-12(7-17(16)28-2)8-19-24-25-20(29-19)30-11-18(26)23-15-9-14(21)5-4-13(15)10-22/h3-7,9H,8,11H2,1-2H3,(H,23,26). The summed E-state index contributed by atoms with van der Waals surface area (Å²) in [6, 6.07) is 12.2. The number of ether oxygens (including phenoxy) is 2. The topological polar surface area (TPSA) is 110 Å². The Hall–Kier alpha value is -3.22. The molecule has 0 saturated carbocycles. The van der Waals surface area contributed by atoms with Crippen LogP contribution in [0.3, 0.4) is 0 Å². The van der Waals surface area contributed by atoms with E-state index in [2.05, 4.69) is 15.5 Å². The molecule has 0 radical (unpaired) electrons. The second-order valence-electron chi connectivity index (χ2n) is 5.97. The summed E-state index contributed by atoms with van der Waals surface area (Å²) in [5, 5.41) is 20.4. The summed E-state index contributed by atoms with van der Waals surface area (Å²) in [5.41, 5.74) is 1.60. The number of nitrogens with one attached hydrogen (secondary N) is 1. The van der Waals surface area contributed by atoms with Gasteiger partial charge in [-0.15, -0.1) is 10.2 Å². The van der Waals surface area contributed by atoms with Crippen LogP contribution < -0.4 is 14.8 Å². The molecule has 2 aromatic carbocycles. The Bertz CT molecular complexity index is 1100. The highest BCUT2D eigenvalue weighted by atomic mass is 35.5. The molecule has 1 amide bonds. The Morgan fingerprint density at radius 2 is 2.00 bits per heavy atom. The number of methoxy groups -OCH3 is 2. The van der Waals surface area contributed by atoms with E-state index >= 15 is 0 Å². The van der Waals surface area contributed by atoms with Crippen LogP contribution in [-0.4, -0.2) is 36.1 Å². The fourth-order valence-corrected chi connectivity index (χ4v) is 3.32. The van der Waals surface area contributed by atoms with Gasteiger partial charge in [-0.3, -0.25) is 4.79 Å². The van der Waals surface area contributed by atoms with Crippen LogP contribution in [-0.2, 0) is 11.2 Å². The SMILES string of the molecule is COc1ccc(Cc2nnc(SCC(=O)Nc3cc(Cl)ccc3C#N)o2)cc1OC. The zero-order valence-electron chi connectivity index (χ0n) is 16.1. The van der Waals surface area contributed by atoms with Crippen molar-refractivity contribution in [3.05, 3.63) is 58.4 Å². The van der Waals surface area contributed by atoms with Crippen molar-refractivity contribution in [2.45, 2.75) is 11.6 Å². The van der Waals surface area contributed by atoms with E-state index in [4.69, 9.17) is 30.8 Å². The van der Waals surface area contributed by atoms with Crippen LogP contribution in [0.4, 0.5) is 5.69 Å². The highest BCUT2D eigenvalue weighted by Crippen LogP contribution is 2.29. The number of hydrogen-bond acceptors (Lipinski definition) is 8. The molecule has 3 aromatic rings. The third-order valence-corrected chi connectivity index (χ3v) is 5.01. The smallest absolute Gasteiger partial charge is 0.277 e. The first-order chi connectivity index (χ1) is 14.5. The number of anilines is 1. The molecule has 0 saturated heterocycles. The summed E-state index contributed by atoms with van der Waals surface area (Å²) >= 11 is 7.02. The Balaban J connectivity index is 1.58. The van der Waals surface area contributed by atoms with Crippen molar-refractivity contribution in [1.82, 2.24) is 10.2 Å². The van der Waals surface area contributed by atoms with E-state index in [1.807, 2.05) is 18.2 Å². The molecule has 3 rings (SSSR count). The third-order valence-electron chi connectivity index (χ3n) is 3.95. The number of hydrogen-bond donors (Lipinski definition) is 1. The van der Waals surface area contributed by atoms with E-state index in [9.17, 15) is 4.79 Å². The van der Waals surface area contributed by atoms with Gasteiger partial charge in [-0.05, 0) is 35.9 Å². The summed E-state index contributed by atoms with van der Waals surface area (Å²) < 4.78 is 16.1. The van der Waals surface area contributed by atoms with Gasteiger partial charge in [0.25, 0.3) is 5.22 Å². The summed E-state index contributed by atoms with van der Waals surface area (Å²) in [7, 11) is 3.14. The lowest BCUT2D eigenvalue weighted by Gasteiger charge is -2.08. The van der Waals surface area contributed by atoms with E-state index in [0.29, 0.717) is 40.1 Å². The second kappa shape index (κ2) is 10.0. The normalized spacial score (nSPS) is 10.3. The highest BCUT2D eigenvalue weighted by molar-refractivity contribution is 7.99. The van der Waals surface area contributed by atoms with Crippen LogP contribution in [0.1, 0.15) is 17.0 Å². The molecule has 0 aliphatic rings. The highest BCUT2D eigenvalue weighted by Gasteiger charge is 2.13. The third kappa shape index (κ3) is 5.43. The average molecular weight is 445 g/mol. The van der Waals surface area contributed by atoms with Crippen LogP contribution in [0.5, 0.6) is 11.5 Å². The van der Waals surface area contributed by atoms with E-state index in [-0.39, 0.29) is 16.9 Å². The Morgan fingerprint density at radius 3 is 2.73 bits per heavy atom. The molecule has 0 atom stereocenters. The minimum absolute atomic E-state index is 0.0371. The van der Waals surface area contributed by atoms with Gasteiger partial charge in [0.2, 0.25) is 11.8 Å². The predicted molar refractivity (Wildman–Crippen MR) is 112 cm³/mol. The molecule has 0 spiro atoms. The molecule has 0 fully saturated rings. The quantitative estimate of drug-likeness (QED) is 0.520. The zero-order chi connectivity index (χ0) is 21.5. The molecule has 0 aliphatic heterocycles. The Morgan fingerprint density at radius 1 is 1.20 bits per heavy atom. The molecule has 0 unspecified atom stereocenters. The minimum atomic E-state index is -0.321. The number of aromatic nitrogens is 2. The molecule has 10 heteroatoms. The number of halogens is 1. The molecule has 0 bridgehead atoms. The number of amides is 1.